The molecule has 0 fully saturated rings. The van der Waals surface area contributed by atoms with E-state index in [1.807, 2.05) is 6.92 Å². The lowest BCUT2D eigenvalue weighted by atomic mass is 10.2. The summed E-state index contributed by atoms with van der Waals surface area (Å²) in [6.07, 6.45) is 0. The fraction of sp³-hybridized carbons (Fsp3) is 0.455. The van der Waals surface area contributed by atoms with Gasteiger partial charge in [0.2, 0.25) is 0 Å². The Kier molecular flexibility index (Phi) is 5.21. The van der Waals surface area contributed by atoms with Gasteiger partial charge < -0.3 is 9.47 Å². The van der Waals surface area contributed by atoms with Crippen LogP contribution in [0.15, 0.2) is 18.2 Å². The molecule has 1 aromatic rings. The molecule has 0 spiro atoms. The Morgan fingerprint density at radius 2 is 2.24 bits per heavy atom. The van der Waals surface area contributed by atoms with E-state index in [4.69, 9.17) is 9.47 Å². The van der Waals surface area contributed by atoms with Crippen LogP contribution in [0.4, 0.5) is 5.69 Å². The van der Waals surface area contributed by atoms with Crippen LogP contribution in [0.5, 0.6) is 11.5 Å². The molecule has 1 rings (SSSR count). The van der Waals surface area contributed by atoms with E-state index in [2.05, 4.69) is 15.9 Å². The number of nitro benzene ring substituents is 1. The molecule has 0 amide bonds. The Labute approximate surface area is 108 Å². The molecule has 0 saturated carbocycles. The van der Waals surface area contributed by atoms with E-state index in [-0.39, 0.29) is 11.4 Å². The predicted molar refractivity (Wildman–Crippen MR) is 68.1 cm³/mol. The first-order chi connectivity index (χ1) is 8.08. The Hall–Kier alpha value is -1.30. The largest absolute Gasteiger partial charge is 0.493 e. The summed E-state index contributed by atoms with van der Waals surface area (Å²) in [4.78, 5) is 10.3. The molecule has 6 heteroatoms. The van der Waals surface area contributed by atoms with Gasteiger partial charge in [-0.05, 0) is 18.1 Å². The molecule has 17 heavy (non-hydrogen) atoms. The number of hydrogen-bond acceptors (Lipinski definition) is 4. The Morgan fingerprint density at radius 1 is 1.53 bits per heavy atom. The maximum absolute atomic E-state index is 10.8. The molecule has 0 aliphatic heterocycles. The molecule has 0 aliphatic rings. The summed E-state index contributed by atoms with van der Waals surface area (Å²) in [5, 5.41) is 11.6. The van der Waals surface area contributed by atoms with Gasteiger partial charge in [0.05, 0.1) is 24.7 Å². The second-order valence-corrected chi connectivity index (χ2v) is 4.31. The number of ether oxygens (including phenoxy) is 2. The van der Waals surface area contributed by atoms with Gasteiger partial charge >= 0.3 is 5.69 Å². The highest BCUT2D eigenvalue weighted by atomic mass is 79.9. The molecule has 0 aliphatic carbocycles. The van der Waals surface area contributed by atoms with Crippen LogP contribution in [-0.4, -0.2) is 24.0 Å². The summed E-state index contributed by atoms with van der Waals surface area (Å²) in [6.45, 7) is 2.53. The standard InChI is InChI=1S/C11H14BrNO4/c1-8(6-12)7-17-9-3-4-11(16-2)10(5-9)13(14)15/h3-5,8H,6-7H2,1-2H3. The molecule has 1 aromatic carbocycles. The zero-order chi connectivity index (χ0) is 12.8. The lowest BCUT2D eigenvalue weighted by molar-refractivity contribution is -0.385. The molecule has 0 heterocycles. The normalized spacial score (nSPS) is 11.9. The number of nitrogens with zero attached hydrogens (tertiary/aromatic N) is 1. The average Bonchev–Trinajstić information content (AvgIpc) is 2.35. The van der Waals surface area contributed by atoms with Gasteiger partial charge in [0.25, 0.3) is 0 Å². The molecule has 1 atom stereocenters. The van der Waals surface area contributed by atoms with Crippen LogP contribution in [0.2, 0.25) is 0 Å². The number of rotatable bonds is 6. The SMILES string of the molecule is COc1ccc(OCC(C)CBr)cc1[N+](=O)[O-]. The molecule has 1 unspecified atom stereocenters. The van der Waals surface area contributed by atoms with E-state index >= 15 is 0 Å². The van der Waals surface area contributed by atoms with Gasteiger partial charge in [0.15, 0.2) is 5.75 Å². The molecule has 0 radical (unpaired) electrons. The summed E-state index contributed by atoms with van der Waals surface area (Å²) in [5.74, 6) is 1.05. The summed E-state index contributed by atoms with van der Waals surface area (Å²) in [7, 11) is 1.40. The zero-order valence-electron chi connectivity index (χ0n) is 9.68. The summed E-state index contributed by atoms with van der Waals surface area (Å²) < 4.78 is 10.4. The maximum Gasteiger partial charge on any atom is 0.314 e. The van der Waals surface area contributed by atoms with E-state index in [0.717, 1.165) is 5.33 Å². The van der Waals surface area contributed by atoms with E-state index < -0.39 is 4.92 Å². The smallest absolute Gasteiger partial charge is 0.314 e. The van der Waals surface area contributed by atoms with Crippen LogP contribution in [0.3, 0.4) is 0 Å². The van der Waals surface area contributed by atoms with Crippen LogP contribution in [0.25, 0.3) is 0 Å². The highest BCUT2D eigenvalue weighted by Crippen LogP contribution is 2.30. The van der Waals surface area contributed by atoms with Gasteiger partial charge in [-0.3, -0.25) is 10.1 Å². The van der Waals surface area contributed by atoms with Crippen molar-refractivity contribution in [3.8, 4) is 11.5 Å². The highest BCUT2D eigenvalue weighted by molar-refractivity contribution is 9.09. The van der Waals surface area contributed by atoms with Gasteiger partial charge in [-0.2, -0.15) is 0 Å². The maximum atomic E-state index is 10.8. The van der Waals surface area contributed by atoms with Gasteiger partial charge in [-0.25, -0.2) is 0 Å². The molecule has 0 N–H and O–H groups in total. The van der Waals surface area contributed by atoms with Gasteiger partial charge in [0, 0.05) is 5.33 Å². The fourth-order valence-electron chi connectivity index (χ4n) is 1.19. The third-order valence-electron chi connectivity index (χ3n) is 2.14. The van der Waals surface area contributed by atoms with E-state index in [0.29, 0.717) is 18.3 Å². The lowest BCUT2D eigenvalue weighted by Gasteiger charge is -2.10. The topological polar surface area (TPSA) is 61.6 Å². The first kappa shape index (κ1) is 13.8. The molecule has 0 saturated heterocycles. The molecular weight excluding hydrogens is 290 g/mol. The first-order valence-corrected chi connectivity index (χ1v) is 6.21. The van der Waals surface area contributed by atoms with Crippen molar-refractivity contribution in [1.82, 2.24) is 0 Å². The first-order valence-electron chi connectivity index (χ1n) is 5.09. The van der Waals surface area contributed by atoms with Gasteiger partial charge in [0.1, 0.15) is 5.75 Å². The van der Waals surface area contributed by atoms with Gasteiger partial charge in [-0.1, -0.05) is 22.9 Å². The molecule has 94 valence electrons. The van der Waals surface area contributed by atoms with Crippen molar-refractivity contribution in [1.29, 1.82) is 0 Å². The van der Waals surface area contributed by atoms with E-state index in [1.165, 1.54) is 19.2 Å². The monoisotopic (exact) mass is 303 g/mol. The Bertz CT molecular complexity index is 397. The third-order valence-corrected chi connectivity index (χ3v) is 3.25. The van der Waals surface area contributed by atoms with Crippen molar-refractivity contribution in [2.24, 2.45) is 5.92 Å². The number of halogens is 1. The van der Waals surface area contributed by atoms with Crippen LogP contribution >= 0.6 is 15.9 Å². The fourth-order valence-corrected chi connectivity index (χ4v) is 1.37. The van der Waals surface area contributed by atoms with Crippen LogP contribution in [0.1, 0.15) is 6.92 Å². The summed E-state index contributed by atoms with van der Waals surface area (Å²) in [5.41, 5.74) is -0.0866. The quantitative estimate of drug-likeness (QED) is 0.460. The second-order valence-electron chi connectivity index (χ2n) is 3.66. The van der Waals surface area contributed by atoms with Crippen molar-refractivity contribution >= 4 is 21.6 Å². The predicted octanol–water partition coefficient (Wildman–Crippen LogP) is 3.01. The number of benzene rings is 1. The van der Waals surface area contributed by atoms with E-state index in [1.54, 1.807) is 6.07 Å². The molecule has 0 bridgehead atoms. The van der Waals surface area contributed by atoms with Crippen molar-refractivity contribution < 1.29 is 14.4 Å². The Morgan fingerprint density at radius 3 is 2.76 bits per heavy atom. The van der Waals surface area contributed by atoms with Crippen molar-refractivity contribution in [2.45, 2.75) is 6.92 Å². The van der Waals surface area contributed by atoms with Crippen LogP contribution in [-0.2, 0) is 0 Å². The Balaban J connectivity index is 2.81. The molecular formula is C11H14BrNO4. The summed E-state index contributed by atoms with van der Waals surface area (Å²) >= 11 is 3.34. The summed E-state index contributed by atoms with van der Waals surface area (Å²) in [6, 6.07) is 4.57. The third kappa shape index (κ3) is 3.89. The van der Waals surface area contributed by atoms with Crippen LogP contribution < -0.4 is 9.47 Å². The minimum absolute atomic E-state index is 0.0866. The van der Waals surface area contributed by atoms with Crippen LogP contribution in [0, 0.1) is 16.0 Å². The van der Waals surface area contributed by atoms with Gasteiger partial charge in [-0.15, -0.1) is 0 Å². The molecule has 5 nitrogen and oxygen atoms in total. The highest BCUT2D eigenvalue weighted by Gasteiger charge is 2.15. The second kappa shape index (κ2) is 6.44. The average molecular weight is 304 g/mol. The van der Waals surface area contributed by atoms with Crippen molar-refractivity contribution in [3.05, 3.63) is 28.3 Å². The number of methoxy groups -OCH3 is 1. The van der Waals surface area contributed by atoms with Crippen molar-refractivity contribution in [2.75, 3.05) is 19.0 Å². The number of alkyl halides is 1. The van der Waals surface area contributed by atoms with Crippen molar-refractivity contribution in [3.63, 3.8) is 0 Å². The minimum Gasteiger partial charge on any atom is -0.493 e. The number of nitro groups is 1. The zero-order valence-corrected chi connectivity index (χ0v) is 11.3. The number of hydrogen-bond donors (Lipinski definition) is 0. The minimum atomic E-state index is -0.486. The molecule has 0 aromatic heterocycles. The lowest BCUT2D eigenvalue weighted by Crippen LogP contribution is -2.09. The van der Waals surface area contributed by atoms with E-state index in [9.17, 15) is 10.1 Å².